The highest BCUT2D eigenvalue weighted by atomic mass is 32.1. The molecule has 0 aliphatic heterocycles. The summed E-state index contributed by atoms with van der Waals surface area (Å²) in [6.07, 6.45) is 0. The number of oxazole rings is 1. The minimum absolute atomic E-state index is 0.608. The molecule has 3 aromatic heterocycles. The van der Waals surface area contributed by atoms with E-state index in [0.29, 0.717) is 23.4 Å². The van der Waals surface area contributed by atoms with E-state index in [1.807, 2.05) is 42.5 Å². The van der Waals surface area contributed by atoms with Crippen LogP contribution in [0, 0.1) is 0 Å². The Labute approximate surface area is 336 Å². The van der Waals surface area contributed by atoms with Crippen LogP contribution in [-0.2, 0) is 0 Å². The number of aromatic nitrogens is 4. The summed E-state index contributed by atoms with van der Waals surface area (Å²) < 4.78 is 9.02. The SMILES string of the molecule is c1ccc(-c2ccc(-c3nc(-c4ccc5ccc6ccc7ccc8nc(-c9ccccc9)oc8c7c6c5c4)nc(-c4cccc5c4sc4ccccc45)n3)cc2)cc1. The summed E-state index contributed by atoms with van der Waals surface area (Å²) in [6, 6.07) is 63.4. The van der Waals surface area contributed by atoms with Gasteiger partial charge in [-0.05, 0) is 69.1 Å². The molecule has 9 aromatic carbocycles. The number of hydrogen-bond acceptors (Lipinski definition) is 6. The summed E-state index contributed by atoms with van der Waals surface area (Å²) >= 11 is 1.78. The number of hydrogen-bond donors (Lipinski definition) is 0. The van der Waals surface area contributed by atoms with Crippen LogP contribution < -0.4 is 0 Å². The van der Waals surface area contributed by atoms with Crippen LogP contribution in [0.1, 0.15) is 0 Å². The van der Waals surface area contributed by atoms with Crippen molar-refractivity contribution in [2.24, 2.45) is 0 Å². The van der Waals surface area contributed by atoms with Crippen LogP contribution >= 0.6 is 11.3 Å². The van der Waals surface area contributed by atoms with Crippen molar-refractivity contribution in [2.45, 2.75) is 0 Å². The Morgan fingerprint density at radius 2 is 0.966 bits per heavy atom. The maximum Gasteiger partial charge on any atom is 0.227 e. The van der Waals surface area contributed by atoms with Gasteiger partial charge in [-0.3, -0.25) is 0 Å². The van der Waals surface area contributed by atoms with Gasteiger partial charge in [-0.2, -0.15) is 0 Å². The highest BCUT2D eigenvalue weighted by Gasteiger charge is 2.19. The topological polar surface area (TPSA) is 64.7 Å². The monoisotopic (exact) mass is 758 g/mol. The number of rotatable bonds is 5. The largest absolute Gasteiger partial charge is 0.435 e. The zero-order chi connectivity index (χ0) is 38.2. The first kappa shape index (κ1) is 32.7. The summed E-state index contributed by atoms with van der Waals surface area (Å²) in [5.74, 6) is 2.49. The Kier molecular flexibility index (Phi) is 7.33. The molecule has 0 saturated heterocycles. The lowest BCUT2D eigenvalue weighted by molar-refractivity contribution is 0.623. The average Bonchev–Trinajstić information content (AvgIpc) is 3.92. The van der Waals surface area contributed by atoms with Crippen molar-refractivity contribution in [2.75, 3.05) is 0 Å². The molecule has 0 aliphatic rings. The van der Waals surface area contributed by atoms with Gasteiger partial charge in [0.25, 0.3) is 0 Å². The molecule has 3 heterocycles. The van der Waals surface area contributed by atoms with E-state index in [1.54, 1.807) is 11.3 Å². The van der Waals surface area contributed by atoms with Crippen LogP contribution in [0.5, 0.6) is 0 Å². The lowest BCUT2D eigenvalue weighted by Crippen LogP contribution is -2.00. The summed E-state index contributed by atoms with van der Waals surface area (Å²) in [4.78, 5) is 20.6. The van der Waals surface area contributed by atoms with Crippen LogP contribution in [-0.4, -0.2) is 19.9 Å². The van der Waals surface area contributed by atoms with Crippen LogP contribution in [0.3, 0.4) is 0 Å². The van der Waals surface area contributed by atoms with Gasteiger partial charge >= 0.3 is 0 Å². The van der Waals surface area contributed by atoms with E-state index >= 15 is 0 Å². The molecule has 5 nitrogen and oxygen atoms in total. The van der Waals surface area contributed by atoms with Crippen molar-refractivity contribution in [1.29, 1.82) is 0 Å². The number of thiophene rings is 1. The molecule has 270 valence electrons. The average molecular weight is 759 g/mol. The van der Waals surface area contributed by atoms with E-state index in [4.69, 9.17) is 24.4 Å². The Hall–Kier alpha value is -7.54. The fraction of sp³-hybridized carbons (Fsp3) is 0. The van der Waals surface area contributed by atoms with Gasteiger partial charge in [-0.1, -0.05) is 146 Å². The molecule has 0 fully saturated rings. The van der Waals surface area contributed by atoms with Crippen molar-refractivity contribution in [1.82, 2.24) is 19.9 Å². The van der Waals surface area contributed by atoms with Gasteiger partial charge in [-0.25, -0.2) is 19.9 Å². The Bertz CT molecular complexity index is 3550. The van der Waals surface area contributed by atoms with Gasteiger partial charge in [0.2, 0.25) is 5.89 Å². The Morgan fingerprint density at radius 1 is 0.379 bits per heavy atom. The molecule has 0 atom stereocenters. The smallest absolute Gasteiger partial charge is 0.227 e. The second kappa shape index (κ2) is 13.0. The fourth-order valence-electron chi connectivity index (χ4n) is 8.30. The third kappa shape index (κ3) is 5.30. The zero-order valence-electron chi connectivity index (χ0n) is 30.9. The summed E-state index contributed by atoms with van der Waals surface area (Å²) in [7, 11) is 0. The quantitative estimate of drug-likeness (QED) is 0.164. The predicted octanol–water partition coefficient (Wildman–Crippen LogP) is 14.2. The van der Waals surface area contributed by atoms with E-state index in [2.05, 4.69) is 140 Å². The highest BCUT2D eigenvalue weighted by Crippen LogP contribution is 2.42. The van der Waals surface area contributed by atoms with Gasteiger partial charge in [0.15, 0.2) is 23.1 Å². The van der Waals surface area contributed by atoms with Gasteiger partial charge in [0.05, 0.1) is 0 Å². The first-order valence-electron chi connectivity index (χ1n) is 19.3. The van der Waals surface area contributed by atoms with E-state index in [9.17, 15) is 0 Å². The molecule has 0 bridgehead atoms. The maximum absolute atomic E-state index is 6.62. The summed E-state index contributed by atoms with van der Waals surface area (Å²) in [6.45, 7) is 0. The Balaban J connectivity index is 1.08. The molecule has 0 radical (unpaired) electrons. The molecule has 0 N–H and O–H groups in total. The third-order valence-electron chi connectivity index (χ3n) is 11.1. The minimum Gasteiger partial charge on any atom is -0.435 e. The van der Waals surface area contributed by atoms with E-state index in [0.717, 1.165) is 81.5 Å². The molecule has 12 rings (SSSR count). The van der Waals surface area contributed by atoms with Crippen molar-refractivity contribution in [3.8, 4) is 56.7 Å². The van der Waals surface area contributed by atoms with Gasteiger partial charge in [-0.15, -0.1) is 11.3 Å². The second-order valence-corrected chi connectivity index (χ2v) is 15.6. The van der Waals surface area contributed by atoms with Crippen LogP contribution in [0.25, 0.3) is 120 Å². The van der Waals surface area contributed by atoms with Crippen molar-refractivity contribution in [3.05, 3.63) is 182 Å². The van der Waals surface area contributed by atoms with Crippen molar-refractivity contribution >= 4 is 74.9 Å². The molecule has 0 saturated carbocycles. The molecule has 6 heteroatoms. The number of benzene rings is 9. The minimum atomic E-state index is 0.608. The third-order valence-corrected chi connectivity index (χ3v) is 12.4. The van der Waals surface area contributed by atoms with Gasteiger partial charge in [0, 0.05) is 53.2 Å². The molecular weight excluding hydrogens is 729 g/mol. The molecule has 0 aliphatic carbocycles. The summed E-state index contributed by atoms with van der Waals surface area (Å²) in [5, 5.41) is 9.01. The molecule has 0 amide bonds. The van der Waals surface area contributed by atoms with E-state index in [1.165, 1.54) is 15.5 Å². The highest BCUT2D eigenvalue weighted by molar-refractivity contribution is 7.26. The predicted molar refractivity (Wildman–Crippen MR) is 240 cm³/mol. The zero-order valence-corrected chi connectivity index (χ0v) is 31.7. The van der Waals surface area contributed by atoms with Crippen LogP contribution in [0.4, 0.5) is 0 Å². The van der Waals surface area contributed by atoms with E-state index in [-0.39, 0.29) is 0 Å². The molecule has 0 spiro atoms. The summed E-state index contributed by atoms with van der Waals surface area (Å²) in [5.41, 5.74) is 7.67. The fourth-order valence-corrected chi connectivity index (χ4v) is 9.51. The molecule has 0 unspecified atom stereocenters. The number of fused-ring (bicyclic) bond motifs is 10. The maximum atomic E-state index is 6.62. The molecular formula is C52H30N4OS. The lowest BCUT2D eigenvalue weighted by atomic mass is 9.94. The molecule has 58 heavy (non-hydrogen) atoms. The first-order valence-corrected chi connectivity index (χ1v) is 20.1. The van der Waals surface area contributed by atoms with E-state index < -0.39 is 0 Å². The van der Waals surface area contributed by atoms with Crippen molar-refractivity contribution in [3.63, 3.8) is 0 Å². The normalized spacial score (nSPS) is 11.8. The first-order chi connectivity index (χ1) is 28.7. The van der Waals surface area contributed by atoms with Gasteiger partial charge in [0.1, 0.15) is 5.52 Å². The van der Waals surface area contributed by atoms with Gasteiger partial charge < -0.3 is 4.42 Å². The van der Waals surface area contributed by atoms with Crippen LogP contribution in [0.15, 0.2) is 186 Å². The van der Waals surface area contributed by atoms with Crippen molar-refractivity contribution < 1.29 is 4.42 Å². The Morgan fingerprint density at radius 3 is 1.78 bits per heavy atom. The standard InChI is InChI=1S/C52H30N4OS/c1-3-10-31(11-4-1)32-18-25-36(26-19-32)49-54-50(56-51(55-49)41-16-9-15-40-39-14-7-8-17-44(39)58-48(40)41)38-27-21-33-20-22-34-23-24-35-28-29-43-47(46(35)45(34)42(33)30-38)57-52(53-43)37-12-5-2-6-13-37/h1-30H. The lowest BCUT2D eigenvalue weighted by Gasteiger charge is -2.12. The van der Waals surface area contributed by atoms with Crippen LogP contribution in [0.2, 0.25) is 0 Å². The second-order valence-electron chi connectivity index (χ2n) is 14.6. The molecule has 12 aromatic rings. The number of nitrogens with zero attached hydrogens (tertiary/aromatic N) is 4.